The molecule has 1 atom stereocenters. The number of unbranched alkanes of at least 4 members (excludes halogenated alkanes) is 1. The molecule has 1 N–H and O–H groups in total. The Hall–Kier alpha value is -1.15. The Bertz CT molecular complexity index is 296. The maximum Gasteiger partial charge on any atom is 0.123 e. The van der Waals surface area contributed by atoms with Gasteiger partial charge in [-0.05, 0) is 37.0 Å². The summed E-state index contributed by atoms with van der Waals surface area (Å²) in [5.41, 5.74) is 0.647. The number of rotatable bonds is 5. The first-order valence-corrected chi connectivity index (χ1v) is 4.78. The highest BCUT2D eigenvalue weighted by Crippen LogP contribution is 2.19. The topological polar surface area (TPSA) is 20.2 Å². The summed E-state index contributed by atoms with van der Waals surface area (Å²) in [6.45, 7) is 3.60. The van der Waals surface area contributed by atoms with Gasteiger partial charge in [0.05, 0.1) is 6.10 Å². The summed E-state index contributed by atoms with van der Waals surface area (Å²) >= 11 is 0. The van der Waals surface area contributed by atoms with Crippen LogP contribution in [0.3, 0.4) is 0 Å². The number of aliphatic hydroxyl groups is 1. The van der Waals surface area contributed by atoms with Crippen LogP contribution < -0.4 is 0 Å². The van der Waals surface area contributed by atoms with E-state index in [1.807, 2.05) is 6.08 Å². The molecule has 0 fully saturated rings. The van der Waals surface area contributed by atoms with Crippen molar-refractivity contribution in [1.82, 2.24) is 0 Å². The first-order valence-electron chi connectivity index (χ1n) is 4.78. The standard InChI is InChI=1S/C12H15FO/c1-2-3-4-8-12(14)10-6-5-7-11(13)9-10/h2,5-7,9,12,14H,1,3-4,8H2. The van der Waals surface area contributed by atoms with Crippen molar-refractivity contribution in [2.24, 2.45) is 0 Å². The van der Waals surface area contributed by atoms with E-state index in [4.69, 9.17) is 0 Å². The molecule has 0 aliphatic heterocycles. The zero-order valence-electron chi connectivity index (χ0n) is 8.12. The van der Waals surface area contributed by atoms with Gasteiger partial charge in [0.1, 0.15) is 5.82 Å². The van der Waals surface area contributed by atoms with Gasteiger partial charge in [-0.3, -0.25) is 0 Å². The predicted molar refractivity (Wildman–Crippen MR) is 55.4 cm³/mol. The normalized spacial score (nSPS) is 12.4. The molecule has 1 nitrogen and oxygen atoms in total. The van der Waals surface area contributed by atoms with Crippen LogP contribution in [0, 0.1) is 5.82 Å². The third-order valence-electron chi connectivity index (χ3n) is 2.12. The Morgan fingerprint density at radius 3 is 2.93 bits per heavy atom. The van der Waals surface area contributed by atoms with Crippen molar-refractivity contribution in [3.63, 3.8) is 0 Å². The number of halogens is 1. The van der Waals surface area contributed by atoms with E-state index in [1.54, 1.807) is 12.1 Å². The summed E-state index contributed by atoms with van der Waals surface area (Å²) in [4.78, 5) is 0. The molecule has 1 aromatic carbocycles. The third-order valence-corrected chi connectivity index (χ3v) is 2.12. The molecule has 0 spiro atoms. The number of aliphatic hydroxyl groups excluding tert-OH is 1. The molecule has 0 aliphatic rings. The quantitative estimate of drug-likeness (QED) is 0.563. The number of allylic oxidation sites excluding steroid dienone is 1. The van der Waals surface area contributed by atoms with Crippen molar-refractivity contribution in [2.45, 2.75) is 25.4 Å². The first kappa shape index (κ1) is 10.9. The average molecular weight is 194 g/mol. The Balaban J connectivity index is 2.51. The van der Waals surface area contributed by atoms with Crippen LogP contribution in [0.5, 0.6) is 0 Å². The van der Waals surface area contributed by atoms with Crippen molar-refractivity contribution < 1.29 is 9.50 Å². The van der Waals surface area contributed by atoms with Crippen LogP contribution in [0.1, 0.15) is 30.9 Å². The summed E-state index contributed by atoms with van der Waals surface area (Å²) in [7, 11) is 0. The van der Waals surface area contributed by atoms with Gasteiger partial charge in [0.2, 0.25) is 0 Å². The Morgan fingerprint density at radius 2 is 2.29 bits per heavy atom. The smallest absolute Gasteiger partial charge is 0.123 e. The van der Waals surface area contributed by atoms with Crippen molar-refractivity contribution in [1.29, 1.82) is 0 Å². The van der Waals surface area contributed by atoms with Gasteiger partial charge >= 0.3 is 0 Å². The van der Waals surface area contributed by atoms with Crippen LogP contribution in [-0.4, -0.2) is 5.11 Å². The molecular formula is C12H15FO. The summed E-state index contributed by atoms with van der Waals surface area (Å²) in [6.07, 6.45) is 3.66. The van der Waals surface area contributed by atoms with Gasteiger partial charge in [-0.25, -0.2) is 4.39 Å². The lowest BCUT2D eigenvalue weighted by atomic mass is 10.0. The van der Waals surface area contributed by atoms with E-state index in [9.17, 15) is 9.50 Å². The number of hydrogen-bond donors (Lipinski definition) is 1. The van der Waals surface area contributed by atoms with Crippen LogP contribution >= 0.6 is 0 Å². The molecule has 2 heteroatoms. The molecule has 1 unspecified atom stereocenters. The van der Waals surface area contributed by atoms with Gasteiger partial charge in [-0.2, -0.15) is 0 Å². The van der Waals surface area contributed by atoms with Gasteiger partial charge in [-0.15, -0.1) is 6.58 Å². The maximum atomic E-state index is 12.8. The summed E-state index contributed by atoms with van der Waals surface area (Å²) in [5, 5.41) is 9.67. The van der Waals surface area contributed by atoms with Crippen LogP contribution in [0.4, 0.5) is 4.39 Å². The highest BCUT2D eigenvalue weighted by atomic mass is 19.1. The highest BCUT2D eigenvalue weighted by molar-refractivity contribution is 5.18. The molecule has 0 saturated carbocycles. The van der Waals surface area contributed by atoms with Crippen molar-refractivity contribution >= 4 is 0 Å². The van der Waals surface area contributed by atoms with E-state index in [-0.39, 0.29) is 5.82 Å². The van der Waals surface area contributed by atoms with Crippen LogP contribution in [-0.2, 0) is 0 Å². The van der Waals surface area contributed by atoms with Crippen LogP contribution in [0.25, 0.3) is 0 Å². The maximum absolute atomic E-state index is 12.8. The minimum Gasteiger partial charge on any atom is -0.388 e. The lowest BCUT2D eigenvalue weighted by molar-refractivity contribution is 0.164. The summed E-state index contributed by atoms with van der Waals surface area (Å²) in [5.74, 6) is -0.301. The molecule has 14 heavy (non-hydrogen) atoms. The lowest BCUT2D eigenvalue weighted by Gasteiger charge is -2.09. The average Bonchev–Trinajstić information content (AvgIpc) is 2.18. The second-order valence-corrected chi connectivity index (χ2v) is 3.29. The fourth-order valence-electron chi connectivity index (χ4n) is 1.34. The molecule has 0 radical (unpaired) electrons. The van der Waals surface area contributed by atoms with Crippen LogP contribution in [0.15, 0.2) is 36.9 Å². The van der Waals surface area contributed by atoms with Gasteiger partial charge in [0, 0.05) is 0 Å². The summed E-state index contributed by atoms with van der Waals surface area (Å²) in [6, 6.07) is 6.10. The molecule has 1 aromatic rings. The predicted octanol–water partition coefficient (Wildman–Crippen LogP) is 3.22. The Morgan fingerprint density at radius 1 is 1.50 bits per heavy atom. The van der Waals surface area contributed by atoms with Crippen molar-refractivity contribution in [2.75, 3.05) is 0 Å². The van der Waals surface area contributed by atoms with E-state index in [0.29, 0.717) is 12.0 Å². The van der Waals surface area contributed by atoms with E-state index in [2.05, 4.69) is 6.58 Å². The second-order valence-electron chi connectivity index (χ2n) is 3.29. The van der Waals surface area contributed by atoms with Crippen molar-refractivity contribution in [3.8, 4) is 0 Å². The zero-order valence-corrected chi connectivity index (χ0v) is 8.12. The van der Waals surface area contributed by atoms with E-state index < -0.39 is 6.10 Å². The number of hydrogen-bond acceptors (Lipinski definition) is 1. The van der Waals surface area contributed by atoms with E-state index in [0.717, 1.165) is 12.8 Å². The minimum atomic E-state index is -0.564. The molecule has 1 rings (SSSR count). The minimum absolute atomic E-state index is 0.301. The lowest BCUT2D eigenvalue weighted by Crippen LogP contribution is -1.97. The zero-order chi connectivity index (χ0) is 10.4. The van der Waals surface area contributed by atoms with Crippen LogP contribution in [0.2, 0.25) is 0 Å². The molecule has 0 amide bonds. The largest absolute Gasteiger partial charge is 0.388 e. The molecule has 0 heterocycles. The summed E-state index contributed by atoms with van der Waals surface area (Å²) < 4.78 is 12.8. The fraction of sp³-hybridized carbons (Fsp3) is 0.333. The monoisotopic (exact) mass is 194 g/mol. The molecule has 0 saturated heterocycles. The first-order chi connectivity index (χ1) is 6.74. The van der Waals surface area contributed by atoms with Gasteiger partial charge in [0.25, 0.3) is 0 Å². The van der Waals surface area contributed by atoms with Gasteiger partial charge in [-0.1, -0.05) is 18.2 Å². The molecular weight excluding hydrogens is 179 g/mol. The Labute approximate surface area is 83.9 Å². The highest BCUT2D eigenvalue weighted by Gasteiger charge is 2.06. The third kappa shape index (κ3) is 3.30. The molecule has 76 valence electrons. The fourth-order valence-corrected chi connectivity index (χ4v) is 1.34. The molecule has 0 aliphatic carbocycles. The van der Waals surface area contributed by atoms with Gasteiger partial charge in [0.15, 0.2) is 0 Å². The van der Waals surface area contributed by atoms with Gasteiger partial charge < -0.3 is 5.11 Å². The molecule has 0 aromatic heterocycles. The van der Waals surface area contributed by atoms with E-state index >= 15 is 0 Å². The second kappa shape index (κ2) is 5.55. The number of benzene rings is 1. The van der Waals surface area contributed by atoms with Crippen molar-refractivity contribution in [3.05, 3.63) is 48.3 Å². The SMILES string of the molecule is C=CCCCC(O)c1cccc(F)c1. The Kier molecular flexibility index (Phi) is 4.33. The molecule has 0 bridgehead atoms. The van der Waals surface area contributed by atoms with E-state index in [1.165, 1.54) is 12.1 Å².